The number of benzene rings is 2. The first-order valence-electron chi connectivity index (χ1n) is 5.51. The average molecular weight is 240 g/mol. The number of carbonyl (C=O) groups excluding carboxylic acids is 2. The zero-order valence-corrected chi connectivity index (χ0v) is 9.88. The molecule has 0 aliphatic rings. The van der Waals surface area contributed by atoms with Crippen molar-refractivity contribution < 1.29 is 14.7 Å². The molecule has 2 aromatic rings. The van der Waals surface area contributed by atoms with E-state index in [2.05, 4.69) is 0 Å². The van der Waals surface area contributed by atoms with Crippen LogP contribution in [0.3, 0.4) is 0 Å². The number of carbonyl (C=O) groups is 2. The molecule has 0 amide bonds. The Kier molecular flexibility index (Phi) is 3.24. The van der Waals surface area contributed by atoms with Crippen LogP contribution in [0.4, 0.5) is 0 Å². The number of phenols is 1. The van der Waals surface area contributed by atoms with Crippen molar-refractivity contribution in [2.24, 2.45) is 0 Å². The Morgan fingerprint density at radius 1 is 1.11 bits per heavy atom. The van der Waals surface area contributed by atoms with E-state index in [1.807, 2.05) is 6.07 Å². The molecule has 0 aliphatic carbocycles. The van der Waals surface area contributed by atoms with Crippen molar-refractivity contribution in [3.63, 3.8) is 0 Å². The average Bonchev–Trinajstić information content (AvgIpc) is 2.39. The summed E-state index contributed by atoms with van der Waals surface area (Å²) in [5.74, 6) is -0.223. The van der Waals surface area contributed by atoms with Crippen molar-refractivity contribution in [3.05, 3.63) is 53.6 Å². The van der Waals surface area contributed by atoms with Gasteiger partial charge in [-0.15, -0.1) is 0 Å². The van der Waals surface area contributed by atoms with Crippen LogP contribution in [0.5, 0.6) is 5.75 Å². The number of ketones is 1. The highest BCUT2D eigenvalue weighted by Crippen LogP contribution is 2.26. The molecule has 0 fully saturated rings. The summed E-state index contributed by atoms with van der Waals surface area (Å²) in [6.45, 7) is 1.40. The lowest BCUT2D eigenvalue weighted by Gasteiger charge is -2.06. The molecule has 2 aromatic carbocycles. The normalized spacial score (nSPS) is 10.1. The van der Waals surface area contributed by atoms with Gasteiger partial charge >= 0.3 is 0 Å². The van der Waals surface area contributed by atoms with Crippen molar-refractivity contribution in [2.45, 2.75) is 6.92 Å². The Morgan fingerprint density at radius 3 is 2.50 bits per heavy atom. The topological polar surface area (TPSA) is 54.4 Å². The molecule has 18 heavy (non-hydrogen) atoms. The number of phenolic OH excluding ortho intramolecular Hbond substituents is 1. The van der Waals surface area contributed by atoms with Crippen LogP contribution in [0.15, 0.2) is 42.5 Å². The maximum Gasteiger partial charge on any atom is 0.163 e. The highest BCUT2D eigenvalue weighted by molar-refractivity contribution is 5.98. The van der Waals surface area contributed by atoms with Crippen molar-refractivity contribution in [1.29, 1.82) is 0 Å². The molecule has 0 aromatic heterocycles. The SMILES string of the molecule is CC(=O)c1cc(-c2cccc(C=O)c2)ccc1O. The van der Waals surface area contributed by atoms with Crippen LogP contribution in [0, 0.1) is 0 Å². The maximum atomic E-state index is 11.4. The van der Waals surface area contributed by atoms with Gasteiger partial charge in [-0.1, -0.05) is 24.3 Å². The van der Waals surface area contributed by atoms with Crippen LogP contribution in [-0.2, 0) is 0 Å². The zero-order chi connectivity index (χ0) is 13.1. The molecule has 0 radical (unpaired) electrons. The molecule has 0 atom stereocenters. The molecule has 90 valence electrons. The second-order valence-corrected chi connectivity index (χ2v) is 4.03. The molecule has 2 rings (SSSR count). The third-order valence-electron chi connectivity index (χ3n) is 2.73. The summed E-state index contributed by atoms with van der Waals surface area (Å²) in [5.41, 5.74) is 2.48. The van der Waals surface area contributed by atoms with Gasteiger partial charge in [-0.05, 0) is 36.2 Å². The van der Waals surface area contributed by atoms with Crippen LogP contribution in [0.2, 0.25) is 0 Å². The summed E-state index contributed by atoms with van der Waals surface area (Å²) in [6.07, 6.45) is 0.774. The third-order valence-corrected chi connectivity index (χ3v) is 2.73. The van der Waals surface area contributed by atoms with Gasteiger partial charge in [-0.3, -0.25) is 9.59 Å². The van der Waals surface area contributed by atoms with Crippen molar-refractivity contribution in [1.82, 2.24) is 0 Å². The fourth-order valence-corrected chi connectivity index (χ4v) is 1.79. The number of hydrogen-bond acceptors (Lipinski definition) is 3. The van der Waals surface area contributed by atoms with Crippen LogP contribution in [0.25, 0.3) is 11.1 Å². The fraction of sp³-hybridized carbons (Fsp3) is 0.0667. The second-order valence-electron chi connectivity index (χ2n) is 4.03. The van der Waals surface area contributed by atoms with Crippen LogP contribution >= 0.6 is 0 Å². The Hall–Kier alpha value is -2.42. The van der Waals surface area contributed by atoms with Gasteiger partial charge in [-0.2, -0.15) is 0 Å². The number of Topliss-reactive ketones (excluding diaryl/α,β-unsaturated/α-hetero) is 1. The van der Waals surface area contributed by atoms with E-state index in [4.69, 9.17) is 0 Å². The zero-order valence-electron chi connectivity index (χ0n) is 9.88. The summed E-state index contributed by atoms with van der Waals surface area (Å²) in [6, 6.07) is 11.9. The Balaban J connectivity index is 2.53. The molecule has 0 bridgehead atoms. The van der Waals surface area contributed by atoms with Gasteiger partial charge in [0.25, 0.3) is 0 Å². The third kappa shape index (κ3) is 2.30. The predicted molar refractivity (Wildman–Crippen MR) is 68.9 cm³/mol. The fourth-order valence-electron chi connectivity index (χ4n) is 1.79. The molecule has 1 N–H and O–H groups in total. The first kappa shape index (κ1) is 12.0. The van der Waals surface area contributed by atoms with E-state index >= 15 is 0 Å². The molecule has 3 nitrogen and oxygen atoms in total. The second kappa shape index (κ2) is 4.84. The van der Waals surface area contributed by atoms with Gasteiger partial charge < -0.3 is 5.11 Å². The number of aldehydes is 1. The molecular weight excluding hydrogens is 228 g/mol. The number of rotatable bonds is 3. The highest BCUT2D eigenvalue weighted by Gasteiger charge is 2.08. The van der Waals surface area contributed by atoms with Gasteiger partial charge in [0.05, 0.1) is 5.56 Å². The van der Waals surface area contributed by atoms with E-state index in [-0.39, 0.29) is 17.1 Å². The summed E-state index contributed by atoms with van der Waals surface area (Å²) >= 11 is 0. The minimum Gasteiger partial charge on any atom is -0.507 e. The van der Waals surface area contributed by atoms with E-state index in [0.717, 1.165) is 17.4 Å². The summed E-state index contributed by atoms with van der Waals surface area (Å²) in [5, 5.41) is 9.58. The van der Waals surface area contributed by atoms with Gasteiger partial charge in [0.1, 0.15) is 12.0 Å². The van der Waals surface area contributed by atoms with E-state index in [1.54, 1.807) is 30.3 Å². The number of aromatic hydroxyl groups is 1. The van der Waals surface area contributed by atoms with Crippen molar-refractivity contribution in [2.75, 3.05) is 0 Å². The molecule has 0 aliphatic heterocycles. The lowest BCUT2D eigenvalue weighted by atomic mass is 9.99. The van der Waals surface area contributed by atoms with Crippen LogP contribution in [0.1, 0.15) is 27.6 Å². The predicted octanol–water partition coefficient (Wildman–Crippen LogP) is 3.07. The Bertz CT molecular complexity index is 615. The monoisotopic (exact) mass is 240 g/mol. The maximum absolute atomic E-state index is 11.4. The van der Waals surface area contributed by atoms with Gasteiger partial charge in [-0.25, -0.2) is 0 Å². The summed E-state index contributed by atoms with van der Waals surface area (Å²) in [4.78, 5) is 22.1. The minimum absolute atomic E-state index is 0.0298. The Morgan fingerprint density at radius 2 is 1.83 bits per heavy atom. The lowest BCUT2D eigenvalue weighted by molar-refractivity contribution is 0.101. The van der Waals surface area contributed by atoms with Crippen LogP contribution in [-0.4, -0.2) is 17.2 Å². The molecule has 3 heteroatoms. The summed E-state index contributed by atoms with van der Waals surface area (Å²) < 4.78 is 0. The molecule has 0 unspecified atom stereocenters. The molecule has 0 spiro atoms. The van der Waals surface area contributed by atoms with E-state index < -0.39 is 0 Å². The van der Waals surface area contributed by atoms with E-state index in [9.17, 15) is 14.7 Å². The molecule has 0 saturated carbocycles. The molecule has 0 saturated heterocycles. The lowest BCUT2D eigenvalue weighted by Crippen LogP contribution is -1.93. The Labute approximate surface area is 105 Å². The first-order valence-corrected chi connectivity index (χ1v) is 5.51. The van der Waals surface area contributed by atoms with E-state index in [0.29, 0.717) is 5.56 Å². The standard InChI is InChI=1S/C15H12O3/c1-10(17)14-8-13(5-6-15(14)18)12-4-2-3-11(7-12)9-16/h2-9,18H,1H3. The summed E-state index contributed by atoms with van der Waals surface area (Å²) in [7, 11) is 0. The van der Waals surface area contributed by atoms with Crippen LogP contribution < -0.4 is 0 Å². The largest absolute Gasteiger partial charge is 0.507 e. The van der Waals surface area contributed by atoms with Gasteiger partial charge in [0, 0.05) is 5.56 Å². The quantitative estimate of drug-likeness (QED) is 0.662. The van der Waals surface area contributed by atoms with Gasteiger partial charge in [0.15, 0.2) is 5.78 Å². The molecular formula is C15H12O3. The number of hydrogen-bond donors (Lipinski definition) is 1. The highest BCUT2D eigenvalue weighted by atomic mass is 16.3. The smallest absolute Gasteiger partial charge is 0.163 e. The molecule has 0 heterocycles. The minimum atomic E-state index is -0.194. The van der Waals surface area contributed by atoms with E-state index in [1.165, 1.54) is 13.0 Å². The van der Waals surface area contributed by atoms with Crippen molar-refractivity contribution in [3.8, 4) is 16.9 Å². The van der Waals surface area contributed by atoms with Gasteiger partial charge in [0.2, 0.25) is 0 Å². The van der Waals surface area contributed by atoms with Crippen molar-refractivity contribution >= 4 is 12.1 Å². The first-order chi connectivity index (χ1) is 8.61.